The predicted molar refractivity (Wildman–Crippen MR) is 171 cm³/mol. The van der Waals surface area contributed by atoms with Gasteiger partial charge in [-0.15, -0.1) is 11.3 Å². The van der Waals surface area contributed by atoms with Crippen LogP contribution in [0.25, 0.3) is 11.3 Å². The fraction of sp³-hybridized carbons (Fsp3) is 0.394. The maximum absolute atomic E-state index is 13.1. The van der Waals surface area contributed by atoms with Gasteiger partial charge in [0, 0.05) is 55.5 Å². The Balaban J connectivity index is 1.27. The average Bonchev–Trinajstić information content (AvgIpc) is 3.60. The monoisotopic (exact) mass is 598 g/mol. The van der Waals surface area contributed by atoms with Gasteiger partial charge in [0.05, 0.1) is 29.4 Å². The second-order valence-corrected chi connectivity index (χ2v) is 13.8. The minimum Gasteiger partial charge on any atom is -0.340 e. The van der Waals surface area contributed by atoms with Crippen molar-refractivity contribution < 1.29 is 9.59 Å². The van der Waals surface area contributed by atoms with E-state index >= 15 is 0 Å². The highest BCUT2D eigenvalue weighted by atomic mass is 32.1. The molecule has 3 aliphatic rings. The Kier molecular flexibility index (Phi) is 7.07. The number of hydrogen-bond acceptors (Lipinski definition) is 7. The smallest absolute Gasteiger partial charge is 0.274 e. The summed E-state index contributed by atoms with van der Waals surface area (Å²) < 4.78 is 3.36. The number of carbonyl (C=O) groups excluding carboxylic acids is 2. The Hall–Kier alpha value is -4.18. The fourth-order valence-corrected chi connectivity index (χ4v) is 8.17. The fourth-order valence-electron chi connectivity index (χ4n) is 6.57. The van der Waals surface area contributed by atoms with Gasteiger partial charge < -0.3 is 19.7 Å². The summed E-state index contributed by atoms with van der Waals surface area (Å²) in [5, 5.41) is 7.78. The molecule has 0 unspecified atom stereocenters. The number of fused-ring (bicyclic) bond motifs is 4. The number of nitrogens with one attached hydrogen (secondary N) is 1. The molecule has 0 fully saturated rings. The summed E-state index contributed by atoms with van der Waals surface area (Å²) in [5.41, 5.74) is 7.66. The first-order valence-electron chi connectivity index (χ1n) is 14.6. The van der Waals surface area contributed by atoms with Gasteiger partial charge in [-0.05, 0) is 59.9 Å². The molecule has 0 radical (unpaired) electrons. The minimum atomic E-state index is -0.217. The number of pyridine rings is 1. The Morgan fingerprint density at radius 1 is 1.14 bits per heavy atom. The molecule has 43 heavy (non-hydrogen) atoms. The zero-order valence-corrected chi connectivity index (χ0v) is 26.4. The van der Waals surface area contributed by atoms with Crippen LogP contribution in [0.15, 0.2) is 47.6 Å². The molecule has 1 N–H and O–H groups in total. The number of rotatable bonds is 6. The first-order chi connectivity index (χ1) is 20.4. The Morgan fingerprint density at radius 3 is 2.63 bits per heavy atom. The number of aromatic nitrogens is 3. The second kappa shape index (κ2) is 10.5. The summed E-state index contributed by atoms with van der Waals surface area (Å²) >= 11 is 1.84. The molecule has 0 aromatic carbocycles. The molecule has 2 aliphatic heterocycles. The molecule has 224 valence electrons. The lowest BCUT2D eigenvalue weighted by atomic mass is 9.89. The second-order valence-electron chi connectivity index (χ2n) is 12.6. The number of carbonyl (C=O) groups is 2. The van der Waals surface area contributed by atoms with E-state index in [1.54, 1.807) is 31.1 Å². The van der Waals surface area contributed by atoms with Gasteiger partial charge in [-0.1, -0.05) is 27.0 Å². The van der Waals surface area contributed by atoms with E-state index < -0.39 is 0 Å². The molecule has 10 heteroatoms. The van der Waals surface area contributed by atoms with Crippen LogP contribution in [0.5, 0.6) is 0 Å². The SMILES string of the molecule is C=C(/C(C=O)=C(\C)c1cc(Nc2cc3n(n2)CCN(C(C)=O)C3)c(=O)n(C)c1)N1CCc2c(sc3c2CC(C)(C)C3)C1=C. The molecular formula is C33H38N6O3S. The average molecular weight is 599 g/mol. The van der Waals surface area contributed by atoms with Crippen LogP contribution in [0.4, 0.5) is 11.5 Å². The summed E-state index contributed by atoms with van der Waals surface area (Å²) in [6.07, 6.45) is 5.67. The normalized spacial score (nSPS) is 17.7. The van der Waals surface area contributed by atoms with Crippen molar-refractivity contribution in [1.29, 1.82) is 0 Å². The van der Waals surface area contributed by atoms with E-state index in [1.165, 1.54) is 25.4 Å². The van der Waals surface area contributed by atoms with Gasteiger partial charge in [0.1, 0.15) is 5.69 Å². The van der Waals surface area contributed by atoms with Crippen molar-refractivity contribution in [1.82, 2.24) is 24.1 Å². The molecule has 3 aromatic heterocycles. The van der Waals surface area contributed by atoms with Crippen molar-refractivity contribution >= 4 is 46.3 Å². The van der Waals surface area contributed by atoms with E-state index in [-0.39, 0.29) is 11.5 Å². The Bertz CT molecular complexity index is 1800. The first kappa shape index (κ1) is 28.9. The number of hydrogen-bond donors (Lipinski definition) is 1. The Morgan fingerprint density at radius 2 is 1.91 bits per heavy atom. The van der Waals surface area contributed by atoms with E-state index in [4.69, 9.17) is 0 Å². The highest BCUT2D eigenvalue weighted by Crippen LogP contribution is 2.48. The predicted octanol–water partition coefficient (Wildman–Crippen LogP) is 4.89. The van der Waals surface area contributed by atoms with E-state index in [0.717, 1.165) is 42.5 Å². The van der Waals surface area contributed by atoms with Crippen molar-refractivity contribution in [2.75, 3.05) is 18.4 Å². The minimum absolute atomic E-state index is 0.0232. The third kappa shape index (κ3) is 5.07. The molecular weight excluding hydrogens is 560 g/mol. The highest BCUT2D eigenvalue weighted by molar-refractivity contribution is 7.13. The lowest BCUT2D eigenvalue weighted by Crippen LogP contribution is -2.36. The van der Waals surface area contributed by atoms with Gasteiger partial charge in [-0.25, -0.2) is 0 Å². The van der Waals surface area contributed by atoms with Gasteiger partial charge in [0.25, 0.3) is 5.56 Å². The number of aldehydes is 1. The summed E-state index contributed by atoms with van der Waals surface area (Å²) in [4.78, 5) is 44.0. The van der Waals surface area contributed by atoms with Gasteiger partial charge in [-0.3, -0.25) is 19.1 Å². The zero-order valence-electron chi connectivity index (χ0n) is 25.5. The first-order valence-corrected chi connectivity index (χ1v) is 15.4. The summed E-state index contributed by atoms with van der Waals surface area (Å²) in [5.74, 6) is 0.554. The lowest BCUT2D eigenvalue weighted by molar-refractivity contribution is -0.130. The van der Waals surface area contributed by atoms with E-state index in [0.29, 0.717) is 59.9 Å². The molecule has 1 amide bonds. The van der Waals surface area contributed by atoms with Crippen LogP contribution in [-0.4, -0.2) is 49.4 Å². The number of amides is 1. The van der Waals surface area contributed by atoms with E-state index in [2.05, 4.69) is 42.3 Å². The maximum Gasteiger partial charge on any atom is 0.274 e. The molecule has 0 atom stereocenters. The lowest BCUT2D eigenvalue weighted by Gasteiger charge is -2.33. The van der Waals surface area contributed by atoms with E-state index in [1.807, 2.05) is 29.0 Å². The third-order valence-corrected chi connectivity index (χ3v) is 10.3. The largest absolute Gasteiger partial charge is 0.340 e. The van der Waals surface area contributed by atoms with Crippen LogP contribution in [0.1, 0.15) is 59.8 Å². The van der Waals surface area contributed by atoms with E-state index in [9.17, 15) is 14.4 Å². The molecule has 0 bridgehead atoms. The molecule has 0 spiro atoms. The van der Waals surface area contributed by atoms with Gasteiger partial charge >= 0.3 is 0 Å². The zero-order chi connectivity index (χ0) is 30.8. The number of aryl methyl sites for hydroxylation is 1. The third-order valence-electron chi connectivity index (χ3n) is 8.95. The number of nitrogens with zero attached hydrogens (tertiary/aromatic N) is 5. The molecule has 6 rings (SSSR count). The molecule has 9 nitrogen and oxygen atoms in total. The van der Waals surface area contributed by atoms with Crippen LogP contribution < -0.4 is 10.9 Å². The van der Waals surface area contributed by atoms with Crippen LogP contribution in [0.2, 0.25) is 0 Å². The number of allylic oxidation sites excluding steroid dienone is 2. The van der Waals surface area contributed by atoms with Gasteiger partial charge in [0.15, 0.2) is 12.1 Å². The van der Waals surface area contributed by atoms with Crippen molar-refractivity contribution in [3.05, 3.63) is 85.2 Å². The van der Waals surface area contributed by atoms with Gasteiger partial charge in [-0.2, -0.15) is 5.10 Å². The van der Waals surface area contributed by atoms with Crippen LogP contribution in [-0.2, 0) is 49.0 Å². The Labute approximate surface area is 255 Å². The van der Waals surface area contributed by atoms with Gasteiger partial charge in [0.2, 0.25) is 5.91 Å². The molecule has 0 saturated heterocycles. The van der Waals surface area contributed by atoms with Crippen molar-refractivity contribution in [3.63, 3.8) is 0 Å². The summed E-state index contributed by atoms with van der Waals surface area (Å²) in [6.45, 7) is 19.3. The standard InChI is InChI=1S/C33H38N6O3S/c1-19(27(18-40)20(2)38-9-8-25-26-14-33(5,6)15-29(26)43-31(25)21(38)3)23-12-28(32(42)36(7)16-23)34-30-13-24-17-37(22(4)41)10-11-39(24)35-30/h12-13,16,18H,2-3,8-11,14-15,17H2,1,4-7H3,(H,34,35)/b27-19+. The number of thiophene rings is 1. The van der Waals surface area contributed by atoms with Crippen molar-refractivity contribution in [2.24, 2.45) is 12.5 Å². The summed E-state index contributed by atoms with van der Waals surface area (Å²) in [6, 6.07) is 3.61. The number of anilines is 2. The topological polar surface area (TPSA) is 92.5 Å². The molecule has 3 aromatic rings. The quantitative estimate of drug-likeness (QED) is 0.247. The summed E-state index contributed by atoms with van der Waals surface area (Å²) in [7, 11) is 1.69. The molecule has 0 saturated carbocycles. The van der Waals surface area contributed by atoms with Crippen LogP contribution in [0, 0.1) is 5.41 Å². The molecule has 1 aliphatic carbocycles. The molecule has 5 heterocycles. The van der Waals surface area contributed by atoms with Crippen LogP contribution >= 0.6 is 11.3 Å². The highest BCUT2D eigenvalue weighted by Gasteiger charge is 2.36. The van der Waals surface area contributed by atoms with Crippen molar-refractivity contribution in [3.8, 4) is 0 Å². The maximum atomic E-state index is 13.1. The van der Waals surface area contributed by atoms with Crippen LogP contribution in [0.3, 0.4) is 0 Å². The van der Waals surface area contributed by atoms with Crippen molar-refractivity contribution in [2.45, 2.75) is 60.0 Å².